The number of thioether (sulfide) groups is 1. The zero-order valence-corrected chi connectivity index (χ0v) is 15.1. The second-order valence-corrected chi connectivity index (χ2v) is 7.02. The van der Waals surface area contributed by atoms with Crippen molar-refractivity contribution in [1.82, 2.24) is 4.57 Å². The van der Waals surface area contributed by atoms with Gasteiger partial charge in [0.05, 0.1) is 5.69 Å². The Morgan fingerprint density at radius 2 is 1.67 bits per heavy atom. The third-order valence-electron chi connectivity index (χ3n) is 4.12. The number of para-hydroxylation sites is 1. The van der Waals surface area contributed by atoms with E-state index in [1.54, 1.807) is 0 Å². The fourth-order valence-corrected chi connectivity index (χ4v) is 3.82. The monoisotopic (exact) mass is 335 g/mol. The van der Waals surface area contributed by atoms with Crippen LogP contribution < -0.4 is 0 Å². The summed E-state index contributed by atoms with van der Waals surface area (Å²) >= 11 is 1.82. The van der Waals surface area contributed by atoms with Gasteiger partial charge in [0.25, 0.3) is 0 Å². The van der Waals surface area contributed by atoms with E-state index in [1.807, 2.05) is 61.2 Å². The van der Waals surface area contributed by atoms with Crippen molar-refractivity contribution >= 4 is 17.5 Å². The highest BCUT2D eigenvalue weighted by Crippen LogP contribution is 2.30. The maximum atomic E-state index is 12.9. The molecule has 122 valence electrons. The van der Waals surface area contributed by atoms with Crippen molar-refractivity contribution in [2.24, 2.45) is 0 Å². The van der Waals surface area contributed by atoms with Gasteiger partial charge in [-0.25, -0.2) is 0 Å². The number of hydrogen-bond donors (Lipinski definition) is 0. The topological polar surface area (TPSA) is 22.0 Å². The Bertz CT molecular complexity index is 865. The first kappa shape index (κ1) is 16.6. The molecule has 0 aliphatic heterocycles. The molecular formula is C21H21NOS. The van der Waals surface area contributed by atoms with E-state index in [0.29, 0.717) is 0 Å². The lowest BCUT2D eigenvalue weighted by atomic mass is 10.0. The van der Waals surface area contributed by atoms with Crippen molar-refractivity contribution in [3.63, 3.8) is 0 Å². The van der Waals surface area contributed by atoms with E-state index >= 15 is 0 Å². The van der Waals surface area contributed by atoms with Gasteiger partial charge in [0.2, 0.25) is 0 Å². The number of aryl methyl sites for hydroxylation is 1. The average molecular weight is 335 g/mol. The standard InChI is InChI=1S/C21H21NOS/c1-4-24-20-13-9-8-12-19(20)22-15(2)14-18(16(22)3)21(23)17-10-6-5-7-11-17/h5-14H,4H2,1-3H3. The summed E-state index contributed by atoms with van der Waals surface area (Å²) in [4.78, 5) is 14.1. The third-order valence-corrected chi connectivity index (χ3v) is 5.06. The Labute approximate surface area is 147 Å². The maximum Gasteiger partial charge on any atom is 0.194 e. The largest absolute Gasteiger partial charge is 0.317 e. The van der Waals surface area contributed by atoms with Crippen LogP contribution in [0.25, 0.3) is 5.69 Å². The summed E-state index contributed by atoms with van der Waals surface area (Å²) < 4.78 is 2.19. The molecule has 0 aliphatic rings. The second-order valence-electron chi connectivity index (χ2n) is 5.72. The molecule has 2 aromatic carbocycles. The van der Waals surface area contributed by atoms with Gasteiger partial charge in [-0.2, -0.15) is 0 Å². The molecule has 2 nitrogen and oxygen atoms in total. The van der Waals surface area contributed by atoms with Crippen LogP contribution in [0.15, 0.2) is 65.6 Å². The number of carbonyl (C=O) groups is 1. The minimum atomic E-state index is 0.0792. The maximum absolute atomic E-state index is 12.9. The fourth-order valence-electron chi connectivity index (χ4n) is 3.03. The average Bonchev–Trinajstić information content (AvgIpc) is 2.90. The number of rotatable bonds is 5. The van der Waals surface area contributed by atoms with Gasteiger partial charge in [-0.1, -0.05) is 49.4 Å². The van der Waals surface area contributed by atoms with Crippen LogP contribution in [0.5, 0.6) is 0 Å². The van der Waals surface area contributed by atoms with Gasteiger partial charge in [0, 0.05) is 27.4 Å². The van der Waals surface area contributed by atoms with E-state index < -0.39 is 0 Å². The van der Waals surface area contributed by atoms with Crippen molar-refractivity contribution in [2.45, 2.75) is 25.7 Å². The van der Waals surface area contributed by atoms with Crippen LogP contribution in [-0.2, 0) is 0 Å². The molecule has 0 radical (unpaired) electrons. The molecule has 0 N–H and O–H groups in total. The van der Waals surface area contributed by atoms with Gasteiger partial charge < -0.3 is 4.57 Å². The van der Waals surface area contributed by atoms with Gasteiger partial charge in [0.1, 0.15) is 0 Å². The number of nitrogens with zero attached hydrogens (tertiary/aromatic N) is 1. The van der Waals surface area contributed by atoms with Crippen molar-refractivity contribution in [1.29, 1.82) is 0 Å². The summed E-state index contributed by atoms with van der Waals surface area (Å²) in [6.07, 6.45) is 0. The number of hydrogen-bond acceptors (Lipinski definition) is 2. The zero-order chi connectivity index (χ0) is 17.1. The molecule has 0 saturated heterocycles. The van der Waals surface area contributed by atoms with Crippen molar-refractivity contribution in [2.75, 3.05) is 5.75 Å². The molecule has 0 saturated carbocycles. The summed E-state index contributed by atoms with van der Waals surface area (Å²) in [5.74, 6) is 1.10. The van der Waals surface area contributed by atoms with Crippen LogP contribution in [0.2, 0.25) is 0 Å². The minimum Gasteiger partial charge on any atom is -0.317 e. The van der Waals surface area contributed by atoms with Crippen LogP contribution in [0.1, 0.15) is 34.2 Å². The highest BCUT2D eigenvalue weighted by atomic mass is 32.2. The highest BCUT2D eigenvalue weighted by Gasteiger charge is 2.19. The molecule has 0 amide bonds. The molecule has 0 unspecified atom stereocenters. The smallest absolute Gasteiger partial charge is 0.194 e. The molecule has 24 heavy (non-hydrogen) atoms. The number of aromatic nitrogens is 1. The van der Waals surface area contributed by atoms with Crippen LogP contribution in [0.3, 0.4) is 0 Å². The lowest BCUT2D eigenvalue weighted by molar-refractivity contribution is 0.103. The number of ketones is 1. The van der Waals surface area contributed by atoms with Crippen LogP contribution in [0.4, 0.5) is 0 Å². The molecule has 3 aromatic rings. The van der Waals surface area contributed by atoms with Crippen LogP contribution in [0, 0.1) is 13.8 Å². The first-order chi connectivity index (χ1) is 11.6. The Kier molecular flexibility index (Phi) is 4.91. The first-order valence-corrected chi connectivity index (χ1v) is 9.13. The van der Waals surface area contributed by atoms with E-state index in [2.05, 4.69) is 36.6 Å². The first-order valence-electron chi connectivity index (χ1n) is 8.14. The predicted octanol–water partition coefficient (Wildman–Crippen LogP) is 5.44. The van der Waals surface area contributed by atoms with Gasteiger partial charge in [0.15, 0.2) is 5.78 Å². The van der Waals surface area contributed by atoms with Crippen LogP contribution in [-0.4, -0.2) is 16.1 Å². The number of benzene rings is 2. The minimum absolute atomic E-state index is 0.0792. The van der Waals surface area contributed by atoms with Crippen LogP contribution >= 0.6 is 11.8 Å². The van der Waals surface area contributed by atoms with E-state index in [0.717, 1.165) is 34.0 Å². The van der Waals surface area contributed by atoms with E-state index in [4.69, 9.17) is 0 Å². The molecule has 0 atom stereocenters. The summed E-state index contributed by atoms with van der Waals surface area (Å²) in [7, 11) is 0. The quantitative estimate of drug-likeness (QED) is 0.458. The molecule has 3 rings (SSSR count). The lowest BCUT2D eigenvalue weighted by Crippen LogP contribution is -2.05. The Hall–Kier alpha value is -2.26. The summed E-state index contributed by atoms with van der Waals surface area (Å²) in [6, 6.07) is 19.8. The van der Waals surface area contributed by atoms with Crippen molar-refractivity contribution in [3.8, 4) is 5.69 Å². The molecule has 1 heterocycles. The molecular weight excluding hydrogens is 314 g/mol. The zero-order valence-electron chi connectivity index (χ0n) is 14.2. The van der Waals surface area contributed by atoms with E-state index in [1.165, 1.54) is 4.90 Å². The Morgan fingerprint density at radius 1 is 1.00 bits per heavy atom. The Balaban J connectivity index is 2.10. The summed E-state index contributed by atoms with van der Waals surface area (Å²) in [6.45, 7) is 6.24. The normalized spacial score (nSPS) is 10.8. The van der Waals surface area contributed by atoms with E-state index in [9.17, 15) is 4.79 Å². The summed E-state index contributed by atoms with van der Waals surface area (Å²) in [5, 5.41) is 0. The molecule has 0 aliphatic carbocycles. The Morgan fingerprint density at radius 3 is 2.38 bits per heavy atom. The van der Waals surface area contributed by atoms with Gasteiger partial charge in [-0.05, 0) is 37.8 Å². The van der Waals surface area contributed by atoms with Crippen molar-refractivity contribution < 1.29 is 4.79 Å². The SMILES string of the molecule is CCSc1ccccc1-n1c(C)cc(C(=O)c2ccccc2)c1C. The van der Waals surface area contributed by atoms with Gasteiger partial charge >= 0.3 is 0 Å². The fraction of sp³-hybridized carbons (Fsp3) is 0.190. The van der Waals surface area contributed by atoms with Gasteiger partial charge in [-0.3, -0.25) is 4.79 Å². The lowest BCUT2D eigenvalue weighted by Gasteiger charge is -2.14. The van der Waals surface area contributed by atoms with Gasteiger partial charge in [-0.15, -0.1) is 11.8 Å². The second kappa shape index (κ2) is 7.10. The van der Waals surface area contributed by atoms with E-state index in [-0.39, 0.29) is 5.78 Å². The summed E-state index contributed by atoms with van der Waals surface area (Å²) in [5.41, 5.74) is 4.72. The van der Waals surface area contributed by atoms with Crippen molar-refractivity contribution in [3.05, 3.63) is 83.2 Å². The number of carbonyl (C=O) groups excluding carboxylic acids is 1. The highest BCUT2D eigenvalue weighted by molar-refractivity contribution is 7.99. The molecule has 0 fully saturated rings. The molecule has 0 bridgehead atoms. The third kappa shape index (κ3) is 3.04. The predicted molar refractivity (Wildman–Crippen MR) is 102 cm³/mol. The molecule has 3 heteroatoms. The molecule has 0 spiro atoms. The molecule has 1 aromatic heterocycles.